The summed E-state index contributed by atoms with van der Waals surface area (Å²) in [6.45, 7) is 5.96. The molecule has 8 nitrogen and oxygen atoms in total. The molecule has 1 saturated carbocycles. The van der Waals surface area contributed by atoms with Gasteiger partial charge in [0, 0.05) is 28.7 Å². The second-order valence-electron chi connectivity index (χ2n) is 10.5. The number of pyridine rings is 1. The lowest BCUT2D eigenvalue weighted by atomic mass is 9.66. The van der Waals surface area contributed by atoms with Crippen LogP contribution in [0.5, 0.6) is 0 Å². The minimum atomic E-state index is -0.581. The maximum absolute atomic E-state index is 13.9. The van der Waals surface area contributed by atoms with Crippen molar-refractivity contribution in [3.63, 3.8) is 0 Å². The number of cyclic esters (lactones) is 1. The smallest absolute Gasteiger partial charge is 0.340 e. The van der Waals surface area contributed by atoms with E-state index in [-0.39, 0.29) is 16.7 Å². The molecule has 2 atom stereocenters. The number of hydrogen-bond acceptors (Lipinski definition) is 6. The van der Waals surface area contributed by atoms with Crippen molar-refractivity contribution in [2.45, 2.75) is 63.9 Å². The first-order valence-electron chi connectivity index (χ1n) is 11.2. The van der Waals surface area contributed by atoms with E-state index in [2.05, 4.69) is 20.4 Å². The summed E-state index contributed by atoms with van der Waals surface area (Å²) in [7, 11) is 0. The third-order valence-corrected chi connectivity index (χ3v) is 7.25. The summed E-state index contributed by atoms with van der Waals surface area (Å²) in [6, 6.07) is 2.94. The van der Waals surface area contributed by atoms with Crippen molar-refractivity contribution >= 4 is 23.2 Å². The topological polar surface area (TPSA) is 98.5 Å². The van der Waals surface area contributed by atoms with E-state index >= 15 is 0 Å². The van der Waals surface area contributed by atoms with Crippen molar-refractivity contribution < 1.29 is 18.7 Å². The van der Waals surface area contributed by atoms with Gasteiger partial charge in [0.05, 0.1) is 34.8 Å². The number of carbonyl (C=O) groups excluding carboxylic acids is 2. The quantitative estimate of drug-likeness (QED) is 0.592. The minimum Gasteiger partial charge on any atom is -0.452 e. The predicted molar refractivity (Wildman–Crippen MR) is 116 cm³/mol. The molecule has 0 saturated heterocycles. The molecular weight excluding hydrogens is 425 g/mol. The Morgan fingerprint density at radius 3 is 2.73 bits per heavy atom. The highest BCUT2D eigenvalue weighted by molar-refractivity contribution is 5.99. The number of nitrogens with one attached hydrogen (secondary N) is 1. The van der Waals surface area contributed by atoms with Gasteiger partial charge in [-0.15, -0.1) is 5.10 Å². The Balaban J connectivity index is 1.32. The molecule has 1 amide bonds. The maximum Gasteiger partial charge on any atom is 0.340 e. The molecule has 0 radical (unpaired) electrons. The molecule has 0 bridgehead atoms. The number of fused-ring (bicyclic) bond motifs is 5. The number of amides is 1. The van der Waals surface area contributed by atoms with E-state index in [1.54, 1.807) is 23.0 Å². The molecule has 4 heterocycles. The zero-order valence-corrected chi connectivity index (χ0v) is 18.7. The summed E-state index contributed by atoms with van der Waals surface area (Å²) >= 11 is 0. The zero-order valence-electron chi connectivity index (χ0n) is 18.7. The standard InChI is InChI=1S/C24H24FN5O3/c1-23(2,3)20-18-13(22(32)33-20)7-12(10-27-18)28-21(31)14-9-24(5-4-6-24)19-15(14)11-26-17-8-16(25)29-30(17)19/h7-8,10-11,14,20H,4-6,9H2,1-3H3,(H,28,31). The van der Waals surface area contributed by atoms with Crippen LogP contribution in [0.25, 0.3) is 5.65 Å². The van der Waals surface area contributed by atoms with E-state index in [1.807, 2.05) is 20.8 Å². The molecule has 2 unspecified atom stereocenters. The Hall–Kier alpha value is -3.36. The molecule has 6 rings (SSSR count). The van der Waals surface area contributed by atoms with Gasteiger partial charge in [-0.2, -0.15) is 4.39 Å². The Kier molecular flexibility index (Phi) is 4.04. The monoisotopic (exact) mass is 449 g/mol. The molecule has 2 aliphatic carbocycles. The number of aromatic nitrogens is 4. The van der Waals surface area contributed by atoms with E-state index in [0.717, 1.165) is 30.5 Å². The normalized spacial score (nSPS) is 22.7. The van der Waals surface area contributed by atoms with Gasteiger partial charge in [-0.05, 0) is 25.3 Å². The van der Waals surface area contributed by atoms with Gasteiger partial charge in [0.15, 0.2) is 5.65 Å². The van der Waals surface area contributed by atoms with Gasteiger partial charge in [0.2, 0.25) is 11.9 Å². The Bertz CT molecular complexity index is 1340. The Labute approximate surface area is 189 Å². The number of ether oxygens (including phenoxy) is 1. The third kappa shape index (κ3) is 2.91. The molecule has 3 aliphatic rings. The van der Waals surface area contributed by atoms with Crippen LogP contribution in [-0.2, 0) is 14.9 Å². The number of rotatable bonds is 2. The molecule has 1 aliphatic heterocycles. The average molecular weight is 449 g/mol. The van der Waals surface area contributed by atoms with E-state index in [9.17, 15) is 14.0 Å². The highest BCUT2D eigenvalue weighted by Crippen LogP contribution is 2.56. The van der Waals surface area contributed by atoms with Crippen molar-refractivity contribution in [2.24, 2.45) is 5.41 Å². The number of halogens is 1. The number of anilines is 1. The Morgan fingerprint density at radius 1 is 1.24 bits per heavy atom. The fraction of sp³-hybridized carbons (Fsp3) is 0.458. The number of carbonyl (C=O) groups is 2. The molecule has 170 valence electrons. The largest absolute Gasteiger partial charge is 0.452 e. The lowest BCUT2D eigenvalue weighted by Gasteiger charge is -2.39. The molecule has 9 heteroatoms. The van der Waals surface area contributed by atoms with Crippen LogP contribution >= 0.6 is 0 Å². The minimum absolute atomic E-state index is 0.184. The summed E-state index contributed by atoms with van der Waals surface area (Å²) in [5.41, 5.74) is 3.08. The Morgan fingerprint density at radius 2 is 2.03 bits per heavy atom. The van der Waals surface area contributed by atoms with Crippen LogP contribution in [0, 0.1) is 11.4 Å². The van der Waals surface area contributed by atoms with E-state index < -0.39 is 23.9 Å². The van der Waals surface area contributed by atoms with Gasteiger partial charge in [0.25, 0.3) is 0 Å². The summed E-state index contributed by atoms with van der Waals surface area (Å²) in [6.07, 6.45) is 6.38. The molecule has 3 aromatic rings. The van der Waals surface area contributed by atoms with Crippen molar-refractivity contribution in [1.82, 2.24) is 19.6 Å². The van der Waals surface area contributed by atoms with Gasteiger partial charge in [-0.3, -0.25) is 9.78 Å². The fourth-order valence-electron chi connectivity index (χ4n) is 5.54. The average Bonchev–Trinajstić information content (AvgIpc) is 3.37. The summed E-state index contributed by atoms with van der Waals surface area (Å²) in [5.74, 6) is -1.65. The lowest BCUT2D eigenvalue weighted by molar-refractivity contribution is -0.117. The first-order valence-corrected chi connectivity index (χ1v) is 11.2. The lowest BCUT2D eigenvalue weighted by Crippen LogP contribution is -2.34. The molecular formula is C24H24FN5O3. The zero-order chi connectivity index (χ0) is 23.1. The van der Waals surface area contributed by atoms with E-state index in [0.29, 0.717) is 29.0 Å². The SMILES string of the molecule is CC(C)(C)C1OC(=O)c2cc(NC(=O)C3CC4(CCC4)c4c3cnc3cc(F)nn43)cnc21. The molecule has 1 N–H and O–H groups in total. The predicted octanol–water partition coefficient (Wildman–Crippen LogP) is 4.07. The van der Waals surface area contributed by atoms with Gasteiger partial charge in [-0.1, -0.05) is 27.2 Å². The summed E-state index contributed by atoms with van der Waals surface area (Å²) < 4.78 is 21.0. The van der Waals surface area contributed by atoms with Crippen molar-refractivity contribution in [3.8, 4) is 0 Å². The molecule has 3 aromatic heterocycles. The van der Waals surface area contributed by atoms with Crippen molar-refractivity contribution in [1.29, 1.82) is 0 Å². The van der Waals surface area contributed by atoms with Crippen LogP contribution in [0.1, 0.15) is 85.8 Å². The first kappa shape index (κ1) is 20.3. The van der Waals surface area contributed by atoms with Crippen LogP contribution in [0.4, 0.5) is 10.1 Å². The number of hydrogen-bond donors (Lipinski definition) is 1. The highest BCUT2D eigenvalue weighted by atomic mass is 19.1. The maximum atomic E-state index is 13.9. The van der Waals surface area contributed by atoms with Crippen molar-refractivity contribution in [2.75, 3.05) is 5.32 Å². The van der Waals surface area contributed by atoms with E-state index in [4.69, 9.17) is 4.74 Å². The van der Waals surface area contributed by atoms with Crippen molar-refractivity contribution in [3.05, 3.63) is 53.0 Å². The third-order valence-electron chi connectivity index (χ3n) is 7.25. The van der Waals surface area contributed by atoms with Gasteiger partial charge < -0.3 is 10.1 Å². The van der Waals surface area contributed by atoms with E-state index in [1.165, 1.54) is 6.07 Å². The molecule has 1 fully saturated rings. The van der Waals surface area contributed by atoms with Crippen LogP contribution < -0.4 is 5.32 Å². The molecule has 33 heavy (non-hydrogen) atoms. The van der Waals surface area contributed by atoms with Crippen LogP contribution in [0.15, 0.2) is 24.5 Å². The molecule has 0 aromatic carbocycles. The molecule has 1 spiro atoms. The second kappa shape index (κ2) is 6.59. The van der Waals surface area contributed by atoms with Crippen LogP contribution in [-0.4, -0.2) is 31.5 Å². The summed E-state index contributed by atoms with van der Waals surface area (Å²) in [4.78, 5) is 34.6. The van der Waals surface area contributed by atoms with Gasteiger partial charge in [0.1, 0.15) is 6.10 Å². The van der Waals surface area contributed by atoms with Crippen LogP contribution in [0.3, 0.4) is 0 Å². The highest BCUT2D eigenvalue weighted by Gasteiger charge is 2.52. The number of esters is 1. The number of nitrogens with zero attached hydrogens (tertiary/aromatic N) is 4. The summed E-state index contributed by atoms with van der Waals surface area (Å²) in [5, 5.41) is 6.94. The fourth-order valence-corrected chi connectivity index (χ4v) is 5.54. The second-order valence-corrected chi connectivity index (χ2v) is 10.5. The van der Waals surface area contributed by atoms with Gasteiger partial charge >= 0.3 is 5.97 Å². The first-order chi connectivity index (χ1) is 15.7. The van der Waals surface area contributed by atoms with Crippen LogP contribution in [0.2, 0.25) is 0 Å². The van der Waals surface area contributed by atoms with Gasteiger partial charge in [-0.25, -0.2) is 14.3 Å².